The summed E-state index contributed by atoms with van der Waals surface area (Å²) < 4.78 is 5.83. The van der Waals surface area contributed by atoms with Gasteiger partial charge in [0.25, 0.3) is 0 Å². The predicted octanol–water partition coefficient (Wildman–Crippen LogP) is 2.06. The maximum atomic E-state index is 12.4. The van der Waals surface area contributed by atoms with Crippen molar-refractivity contribution in [2.24, 2.45) is 5.73 Å². The Balaban J connectivity index is 1.70. The second kappa shape index (κ2) is 9.05. The van der Waals surface area contributed by atoms with Crippen molar-refractivity contribution in [3.8, 4) is 11.5 Å². The average molecular weight is 368 g/mol. The van der Waals surface area contributed by atoms with Crippen LogP contribution in [-0.2, 0) is 4.79 Å². The van der Waals surface area contributed by atoms with E-state index in [1.165, 1.54) is 0 Å². The number of hydrogen-bond donors (Lipinski definition) is 4. The van der Waals surface area contributed by atoms with Gasteiger partial charge in [0.2, 0.25) is 5.91 Å². The third-order valence-electron chi connectivity index (χ3n) is 4.37. The number of rotatable bonds is 7. The van der Waals surface area contributed by atoms with E-state index in [1.807, 2.05) is 48.5 Å². The zero-order chi connectivity index (χ0) is 19.1. The number of primary amides is 1. The van der Waals surface area contributed by atoms with E-state index in [0.717, 1.165) is 25.1 Å². The van der Waals surface area contributed by atoms with Crippen LogP contribution >= 0.6 is 0 Å². The van der Waals surface area contributed by atoms with Crippen molar-refractivity contribution in [1.82, 2.24) is 16.0 Å². The molecule has 1 aliphatic heterocycles. The summed E-state index contributed by atoms with van der Waals surface area (Å²) in [5.74, 6) is 1.20. The van der Waals surface area contributed by atoms with Gasteiger partial charge in [-0.2, -0.15) is 0 Å². The quantitative estimate of drug-likeness (QED) is 0.600. The summed E-state index contributed by atoms with van der Waals surface area (Å²) in [7, 11) is 0. The number of amides is 3. The summed E-state index contributed by atoms with van der Waals surface area (Å²) >= 11 is 0. The van der Waals surface area contributed by atoms with E-state index < -0.39 is 12.1 Å². The minimum Gasteiger partial charge on any atom is -0.457 e. The number of nitrogens with two attached hydrogens (primary N) is 1. The van der Waals surface area contributed by atoms with Gasteiger partial charge in [-0.05, 0) is 42.8 Å². The molecule has 2 aromatic carbocycles. The maximum Gasteiger partial charge on any atom is 0.312 e. The second-order valence-corrected chi connectivity index (χ2v) is 6.51. The first-order valence-corrected chi connectivity index (χ1v) is 8.99. The molecular formula is C20H24N4O3. The number of hydrogen-bond acceptors (Lipinski definition) is 4. The van der Waals surface area contributed by atoms with Gasteiger partial charge in [0, 0.05) is 12.6 Å². The number of benzene rings is 2. The molecule has 0 bridgehead atoms. The van der Waals surface area contributed by atoms with Gasteiger partial charge in [-0.3, -0.25) is 4.79 Å². The van der Waals surface area contributed by atoms with E-state index >= 15 is 0 Å². The lowest BCUT2D eigenvalue weighted by Crippen LogP contribution is -2.40. The van der Waals surface area contributed by atoms with Crippen LogP contribution in [0, 0.1) is 0 Å². The molecule has 5 N–H and O–H groups in total. The van der Waals surface area contributed by atoms with Gasteiger partial charge in [-0.15, -0.1) is 0 Å². The fourth-order valence-corrected chi connectivity index (χ4v) is 3.09. The molecule has 2 atom stereocenters. The van der Waals surface area contributed by atoms with E-state index in [4.69, 9.17) is 10.5 Å². The van der Waals surface area contributed by atoms with Gasteiger partial charge in [0.15, 0.2) is 0 Å². The fraction of sp³-hybridized carbons (Fsp3) is 0.300. The molecule has 3 amide bonds. The summed E-state index contributed by atoms with van der Waals surface area (Å²) in [5, 5.41) is 8.84. The third-order valence-corrected chi connectivity index (χ3v) is 4.37. The second-order valence-electron chi connectivity index (χ2n) is 6.51. The van der Waals surface area contributed by atoms with Crippen molar-refractivity contribution >= 4 is 11.9 Å². The summed E-state index contributed by atoms with van der Waals surface area (Å²) in [6.45, 7) is 1.66. The standard InChI is InChI=1S/C20H24N4O3/c21-20(26)24-18(12-19(25)23-15-9-10-22-13-15)14-5-4-8-17(11-14)27-16-6-2-1-3-7-16/h1-8,11,15,18,22H,9-10,12-13H2,(H,23,25)(H3,21,24,26). The molecular weight excluding hydrogens is 344 g/mol. The zero-order valence-corrected chi connectivity index (χ0v) is 15.0. The molecule has 2 aromatic rings. The van der Waals surface area contributed by atoms with E-state index in [9.17, 15) is 9.59 Å². The highest BCUT2D eigenvalue weighted by molar-refractivity contribution is 5.79. The van der Waals surface area contributed by atoms with Gasteiger partial charge >= 0.3 is 6.03 Å². The molecule has 142 valence electrons. The Bertz CT molecular complexity index is 776. The summed E-state index contributed by atoms with van der Waals surface area (Å²) in [4.78, 5) is 23.8. The molecule has 3 rings (SSSR count). The number of para-hydroxylation sites is 1. The van der Waals surface area contributed by atoms with Crippen molar-refractivity contribution in [3.05, 3.63) is 60.2 Å². The van der Waals surface area contributed by atoms with Crippen LogP contribution in [0.4, 0.5) is 4.79 Å². The van der Waals surface area contributed by atoms with Crippen molar-refractivity contribution in [2.45, 2.75) is 24.9 Å². The Morgan fingerprint density at radius 3 is 2.63 bits per heavy atom. The minimum absolute atomic E-state index is 0.105. The third kappa shape index (κ3) is 5.72. The highest BCUT2D eigenvalue weighted by atomic mass is 16.5. The molecule has 1 aliphatic rings. The van der Waals surface area contributed by atoms with Crippen LogP contribution in [-0.4, -0.2) is 31.1 Å². The molecule has 27 heavy (non-hydrogen) atoms. The van der Waals surface area contributed by atoms with Crippen LogP contribution in [0.5, 0.6) is 11.5 Å². The number of urea groups is 1. The lowest BCUT2D eigenvalue weighted by molar-refractivity contribution is -0.122. The highest BCUT2D eigenvalue weighted by Gasteiger charge is 2.21. The Morgan fingerprint density at radius 1 is 1.15 bits per heavy atom. The molecule has 0 saturated carbocycles. The van der Waals surface area contributed by atoms with Gasteiger partial charge in [0.05, 0.1) is 12.5 Å². The van der Waals surface area contributed by atoms with Crippen LogP contribution in [0.3, 0.4) is 0 Å². The van der Waals surface area contributed by atoms with E-state index in [2.05, 4.69) is 16.0 Å². The van der Waals surface area contributed by atoms with Crippen LogP contribution in [0.1, 0.15) is 24.4 Å². The topological polar surface area (TPSA) is 105 Å². The molecule has 0 aliphatic carbocycles. The lowest BCUT2D eigenvalue weighted by atomic mass is 10.0. The SMILES string of the molecule is NC(=O)NC(CC(=O)NC1CCNC1)c1cccc(Oc2ccccc2)c1. The maximum absolute atomic E-state index is 12.4. The van der Waals surface area contributed by atoms with Crippen molar-refractivity contribution in [3.63, 3.8) is 0 Å². The Kier molecular flexibility index (Phi) is 6.27. The average Bonchev–Trinajstić information content (AvgIpc) is 3.15. The van der Waals surface area contributed by atoms with Gasteiger partial charge in [-0.25, -0.2) is 4.79 Å². The summed E-state index contributed by atoms with van der Waals surface area (Å²) in [6, 6.07) is 15.6. The van der Waals surface area contributed by atoms with Gasteiger partial charge in [0.1, 0.15) is 11.5 Å². The number of ether oxygens (including phenoxy) is 1. The molecule has 1 heterocycles. The summed E-state index contributed by atoms with van der Waals surface area (Å²) in [5.41, 5.74) is 6.06. The zero-order valence-electron chi connectivity index (χ0n) is 15.0. The van der Waals surface area contributed by atoms with E-state index in [0.29, 0.717) is 11.5 Å². The minimum atomic E-state index is -0.676. The molecule has 7 nitrogen and oxygen atoms in total. The van der Waals surface area contributed by atoms with Crippen LogP contribution in [0.2, 0.25) is 0 Å². The molecule has 7 heteroatoms. The van der Waals surface area contributed by atoms with Crippen molar-refractivity contribution in [2.75, 3.05) is 13.1 Å². The monoisotopic (exact) mass is 368 g/mol. The molecule has 0 aromatic heterocycles. The summed E-state index contributed by atoms with van der Waals surface area (Å²) in [6.07, 6.45) is 1.01. The van der Waals surface area contributed by atoms with Crippen LogP contribution in [0.15, 0.2) is 54.6 Å². The van der Waals surface area contributed by atoms with Gasteiger partial charge in [-0.1, -0.05) is 30.3 Å². The number of carbonyl (C=O) groups excluding carboxylic acids is 2. The highest BCUT2D eigenvalue weighted by Crippen LogP contribution is 2.26. The Labute approximate surface area is 158 Å². The van der Waals surface area contributed by atoms with Crippen LogP contribution in [0.25, 0.3) is 0 Å². The first-order chi connectivity index (χ1) is 13.1. The largest absolute Gasteiger partial charge is 0.457 e. The Hall–Kier alpha value is -3.06. The van der Waals surface area contributed by atoms with E-state index in [-0.39, 0.29) is 18.4 Å². The molecule has 0 radical (unpaired) electrons. The fourth-order valence-electron chi connectivity index (χ4n) is 3.09. The van der Waals surface area contributed by atoms with Gasteiger partial charge < -0.3 is 26.4 Å². The predicted molar refractivity (Wildman–Crippen MR) is 102 cm³/mol. The molecule has 1 fully saturated rings. The number of nitrogens with one attached hydrogen (secondary N) is 3. The molecule has 0 spiro atoms. The van der Waals surface area contributed by atoms with E-state index in [1.54, 1.807) is 6.07 Å². The van der Waals surface area contributed by atoms with Crippen molar-refractivity contribution < 1.29 is 14.3 Å². The normalized spacial score (nSPS) is 17.1. The number of carbonyl (C=O) groups is 2. The first kappa shape index (κ1) is 18.7. The smallest absolute Gasteiger partial charge is 0.312 e. The first-order valence-electron chi connectivity index (χ1n) is 8.99. The molecule has 1 saturated heterocycles. The van der Waals surface area contributed by atoms with Crippen molar-refractivity contribution in [1.29, 1.82) is 0 Å². The molecule has 2 unspecified atom stereocenters. The lowest BCUT2D eigenvalue weighted by Gasteiger charge is -2.20. The Morgan fingerprint density at radius 2 is 1.93 bits per heavy atom. The van der Waals surface area contributed by atoms with Crippen LogP contribution < -0.4 is 26.4 Å².